The highest BCUT2D eigenvalue weighted by atomic mass is 32.2. The topological polar surface area (TPSA) is 213 Å². The number of anilines is 1. The molecule has 0 bridgehead atoms. The van der Waals surface area contributed by atoms with E-state index < -0.39 is 29.2 Å². The Morgan fingerprint density at radius 3 is 2.86 bits per heavy atom. The Kier molecular flexibility index (Phi) is 7.53. The molecule has 4 rings (SSSR count). The minimum atomic E-state index is -1.25. The summed E-state index contributed by atoms with van der Waals surface area (Å²) in [5.41, 5.74) is 6.08. The van der Waals surface area contributed by atoms with E-state index in [0.29, 0.717) is 23.0 Å². The minimum Gasteiger partial charge on any atom is -0.477 e. The molecule has 3 aliphatic heterocycles. The lowest BCUT2D eigenvalue weighted by molar-refractivity contribution is -0.150. The third kappa shape index (κ3) is 4.91. The van der Waals surface area contributed by atoms with Gasteiger partial charge in [-0.1, -0.05) is 23.8 Å². The first kappa shape index (κ1) is 25.9. The fraction of sp³-hybridized carbons (Fsp3) is 0.421. The lowest BCUT2D eigenvalue weighted by Crippen LogP contribution is -2.71. The molecule has 17 heteroatoms. The van der Waals surface area contributed by atoms with Crippen LogP contribution in [0.5, 0.6) is 0 Å². The number of hydrogen-bond donors (Lipinski definition) is 5. The van der Waals surface area contributed by atoms with Crippen molar-refractivity contribution < 1.29 is 24.3 Å². The van der Waals surface area contributed by atoms with Gasteiger partial charge >= 0.3 is 5.97 Å². The molecule has 7 N–H and O–H groups in total. The molecule has 0 aliphatic carbocycles. The molecule has 192 valence electrons. The number of oxime groups is 1. The summed E-state index contributed by atoms with van der Waals surface area (Å²) in [5.74, 6) is 4.15. The largest absolute Gasteiger partial charge is 0.477 e. The number of nitrogens with two attached hydrogens (primary N) is 2. The van der Waals surface area contributed by atoms with Gasteiger partial charge in [0.05, 0.1) is 0 Å². The summed E-state index contributed by atoms with van der Waals surface area (Å²) in [6.07, 6.45) is 0. The molecule has 2 unspecified atom stereocenters. The Hall–Kier alpha value is -3.15. The normalized spacial score (nSPS) is 24.2. The number of amides is 2. The zero-order valence-corrected chi connectivity index (χ0v) is 21.6. The zero-order valence-electron chi connectivity index (χ0n) is 19.1. The van der Waals surface area contributed by atoms with Crippen LogP contribution in [0.15, 0.2) is 26.8 Å². The second kappa shape index (κ2) is 10.5. The Labute approximate surface area is 217 Å². The lowest BCUT2D eigenvalue weighted by atomic mass is 10.0. The number of aliphatic imine (C=N–C) groups is 1. The van der Waals surface area contributed by atoms with Crippen molar-refractivity contribution in [3.8, 4) is 0 Å². The molecule has 14 nitrogen and oxygen atoms in total. The zero-order chi connectivity index (χ0) is 26.1. The van der Waals surface area contributed by atoms with Crippen LogP contribution in [-0.4, -0.2) is 91.1 Å². The maximum absolute atomic E-state index is 13.0. The van der Waals surface area contributed by atoms with Crippen LogP contribution >= 0.6 is 34.9 Å². The Morgan fingerprint density at radius 2 is 2.22 bits per heavy atom. The summed E-state index contributed by atoms with van der Waals surface area (Å²) < 4.78 is 0. The number of carbonyl (C=O) groups is 3. The molecular weight excluding hydrogens is 530 g/mol. The van der Waals surface area contributed by atoms with Crippen molar-refractivity contribution in [3.05, 3.63) is 22.3 Å². The van der Waals surface area contributed by atoms with E-state index >= 15 is 0 Å². The SMILES string of the molecule is CON=C(C(=O)NC1C(=O)N2C(C(=O)O)=C(CSC3=NC(=N)C(C)CN3N)CS[C@@H]12)c1csc(N)n1. The number of nitrogens with one attached hydrogen (secondary N) is 2. The van der Waals surface area contributed by atoms with E-state index in [1.54, 1.807) is 0 Å². The molecule has 0 aromatic carbocycles. The number of nitrogen functional groups attached to an aromatic ring is 1. The van der Waals surface area contributed by atoms with Gasteiger partial charge in [-0.15, -0.1) is 23.1 Å². The molecule has 1 aromatic heterocycles. The smallest absolute Gasteiger partial charge is 0.352 e. The van der Waals surface area contributed by atoms with Gasteiger partial charge in [0.1, 0.15) is 35.8 Å². The van der Waals surface area contributed by atoms with Gasteiger partial charge in [0.15, 0.2) is 16.0 Å². The van der Waals surface area contributed by atoms with E-state index in [0.717, 1.165) is 11.3 Å². The van der Waals surface area contributed by atoms with Crippen LogP contribution < -0.4 is 16.9 Å². The van der Waals surface area contributed by atoms with Gasteiger partial charge in [0, 0.05) is 29.3 Å². The van der Waals surface area contributed by atoms with Gasteiger partial charge in [-0.3, -0.25) is 24.9 Å². The van der Waals surface area contributed by atoms with E-state index in [9.17, 15) is 19.5 Å². The number of aliphatic carboxylic acids is 1. The molecule has 0 radical (unpaired) electrons. The Balaban J connectivity index is 1.48. The van der Waals surface area contributed by atoms with E-state index in [1.807, 2.05) is 6.92 Å². The maximum Gasteiger partial charge on any atom is 0.352 e. The Bertz CT molecular complexity index is 1210. The summed E-state index contributed by atoms with van der Waals surface area (Å²) in [6, 6.07) is -0.951. The summed E-state index contributed by atoms with van der Waals surface area (Å²) in [7, 11) is 1.27. The van der Waals surface area contributed by atoms with Gasteiger partial charge < -0.3 is 21.0 Å². The summed E-state index contributed by atoms with van der Waals surface area (Å²) >= 11 is 3.66. The van der Waals surface area contributed by atoms with Crippen molar-refractivity contribution in [2.45, 2.75) is 18.3 Å². The number of rotatable bonds is 7. The second-order valence-corrected chi connectivity index (χ2v) is 10.9. The molecule has 36 heavy (non-hydrogen) atoms. The van der Waals surface area contributed by atoms with Crippen molar-refractivity contribution in [1.29, 1.82) is 5.41 Å². The number of nitrogens with zero attached hydrogens (tertiary/aromatic N) is 5. The summed E-state index contributed by atoms with van der Waals surface area (Å²) in [6.45, 7) is 2.28. The fourth-order valence-electron chi connectivity index (χ4n) is 3.70. The highest BCUT2D eigenvalue weighted by molar-refractivity contribution is 8.14. The highest BCUT2D eigenvalue weighted by Crippen LogP contribution is 2.41. The van der Waals surface area contributed by atoms with Gasteiger partial charge in [0.2, 0.25) is 0 Å². The first-order valence-corrected chi connectivity index (χ1v) is 13.4. The van der Waals surface area contributed by atoms with Gasteiger partial charge in [-0.2, -0.15) is 0 Å². The van der Waals surface area contributed by atoms with Crippen LogP contribution in [0.1, 0.15) is 12.6 Å². The highest BCUT2D eigenvalue weighted by Gasteiger charge is 2.54. The first-order valence-electron chi connectivity index (χ1n) is 10.5. The molecule has 0 saturated carbocycles. The van der Waals surface area contributed by atoms with Crippen LogP contribution in [-0.2, 0) is 19.2 Å². The first-order chi connectivity index (χ1) is 17.1. The summed E-state index contributed by atoms with van der Waals surface area (Å²) in [4.78, 5) is 52.0. The lowest BCUT2D eigenvalue weighted by Gasteiger charge is -2.49. The van der Waals surface area contributed by atoms with Crippen molar-refractivity contribution in [2.24, 2.45) is 21.9 Å². The molecule has 0 spiro atoms. The van der Waals surface area contributed by atoms with Crippen LogP contribution in [0.3, 0.4) is 0 Å². The monoisotopic (exact) mass is 553 g/mol. The van der Waals surface area contributed by atoms with E-state index in [-0.39, 0.29) is 39.7 Å². The number of hydrogen-bond acceptors (Lipinski definition) is 13. The molecule has 2 amide bonds. The number of amidine groups is 2. The predicted octanol–water partition coefficient (Wildman–Crippen LogP) is -0.294. The third-order valence-electron chi connectivity index (χ3n) is 5.47. The van der Waals surface area contributed by atoms with E-state index in [1.165, 1.54) is 45.9 Å². The maximum atomic E-state index is 13.0. The summed E-state index contributed by atoms with van der Waals surface area (Å²) in [5, 5.41) is 27.1. The van der Waals surface area contributed by atoms with Gasteiger partial charge in [-0.05, 0) is 5.57 Å². The van der Waals surface area contributed by atoms with Crippen molar-refractivity contribution in [3.63, 3.8) is 0 Å². The van der Waals surface area contributed by atoms with Crippen molar-refractivity contribution in [1.82, 2.24) is 20.2 Å². The van der Waals surface area contributed by atoms with E-state index in [4.69, 9.17) is 21.8 Å². The molecular formula is C19H23N9O5S3. The fourth-order valence-corrected chi connectivity index (χ4v) is 6.67. The second-order valence-electron chi connectivity index (χ2n) is 7.93. The number of carboxylic acids is 1. The standard InChI is InChI=1S/C19H23N9O5S3/c1-7-3-27(22)19(25-13(7)20)36-5-8-4-34-16-11(15(30)28(16)12(8)17(31)32)24-14(29)10(26-33-2)9-6-35-18(21)23-9/h6-7,11,16,20H,3-5,22H2,1-2H3,(H2,21,23)(H,24,29)(H,31,32)/t7?,11?,16-/m0/s1. The molecule has 1 fully saturated rings. The van der Waals surface area contributed by atoms with E-state index in [2.05, 4.69) is 20.4 Å². The van der Waals surface area contributed by atoms with Crippen molar-refractivity contribution in [2.75, 3.05) is 30.9 Å². The number of β-lactam (4-membered cyclic amide) rings is 1. The predicted molar refractivity (Wildman–Crippen MR) is 137 cm³/mol. The van der Waals surface area contributed by atoms with Gasteiger partial charge in [-0.25, -0.2) is 20.6 Å². The molecule has 3 aliphatic rings. The number of carbonyl (C=O) groups excluding carboxylic acids is 2. The third-order valence-corrected chi connectivity index (χ3v) is 8.56. The van der Waals surface area contributed by atoms with Crippen LogP contribution in [0.4, 0.5) is 5.13 Å². The minimum absolute atomic E-state index is 0.104. The number of thioether (sulfide) groups is 2. The number of hydrazine groups is 1. The number of thiazole rings is 1. The average molecular weight is 554 g/mol. The number of carboxylic acid groups (broad SMARTS) is 1. The molecule has 4 heterocycles. The molecule has 1 aromatic rings. The van der Waals surface area contributed by atoms with Crippen molar-refractivity contribution >= 4 is 74.5 Å². The quantitative estimate of drug-likeness (QED) is 0.128. The number of aromatic nitrogens is 1. The van der Waals surface area contributed by atoms with Gasteiger partial charge in [0.25, 0.3) is 11.8 Å². The number of fused-ring (bicyclic) bond motifs is 1. The average Bonchev–Trinajstić information content (AvgIpc) is 3.27. The van der Waals surface area contributed by atoms with Crippen LogP contribution in [0.2, 0.25) is 0 Å². The molecule has 3 atom stereocenters. The van der Waals surface area contributed by atoms with Crippen LogP contribution in [0.25, 0.3) is 0 Å². The Morgan fingerprint density at radius 1 is 1.47 bits per heavy atom. The molecule has 1 saturated heterocycles. The van der Waals surface area contributed by atoms with Crippen LogP contribution in [0, 0.1) is 11.3 Å².